The maximum Gasteiger partial charge on any atom is 0.240 e. The van der Waals surface area contributed by atoms with Crippen LogP contribution in [0.3, 0.4) is 0 Å². The summed E-state index contributed by atoms with van der Waals surface area (Å²) in [6, 6.07) is 14.9. The summed E-state index contributed by atoms with van der Waals surface area (Å²) in [5, 5.41) is 3.26. The lowest BCUT2D eigenvalue weighted by Crippen LogP contribution is -2.53. The summed E-state index contributed by atoms with van der Waals surface area (Å²) in [5.74, 6) is 1.63. The summed E-state index contributed by atoms with van der Waals surface area (Å²) in [4.78, 5) is 9.15. The van der Waals surface area contributed by atoms with E-state index in [0.29, 0.717) is 6.54 Å². The molecule has 0 aromatic heterocycles. The molecule has 31 heavy (non-hydrogen) atoms. The van der Waals surface area contributed by atoms with E-state index in [4.69, 9.17) is 4.74 Å². The average molecular weight is 446 g/mol. The SMILES string of the molecule is CN=C(NCCNS(=O)(=O)c1ccc(C)cc1)N1CCN(c2ccc(OC)cc2)CC1. The average Bonchev–Trinajstić information content (AvgIpc) is 2.80. The van der Waals surface area contributed by atoms with E-state index in [0.717, 1.165) is 43.5 Å². The normalized spacial score (nSPS) is 15.1. The number of methoxy groups -OCH3 is 1. The first kappa shape index (κ1) is 22.9. The van der Waals surface area contributed by atoms with Crippen LogP contribution >= 0.6 is 0 Å². The Hall–Kier alpha value is -2.78. The number of nitrogens with one attached hydrogen (secondary N) is 2. The fraction of sp³-hybridized carbons (Fsp3) is 0.409. The Morgan fingerprint density at radius 3 is 2.23 bits per heavy atom. The first-order valence-corrected chi connectivity index (χ1v) is 11.8. The van der Waals surface area contributed by atoms with E-state index in [9.17, 15) is 8.42 Å². The van der Waals surface area contributed by atoms with Crippen LogP contribution in [0.2, 0.25) is 0 Å². The molecule has 168 valence electrons. The van der Waals surface area contributed by atoms with Gasteiger partial charge in [-0.15, -0.1) is 0 Å². The molecule has 8 nitrogen and oxygen atoms in total. The largest absolute Gasteiger partial charge is 0.497 e. The van der Waals surface area contributed by atoms with E-state index in [1.807, 2.05) is 19.1 Å². The third kappa shape index (κ3) is 6.11. The molecule has 1 saturated heterocycles. The topological polar surface area (TPSA) is 86.3 Å². The van der Waals surface area contributed by atoms with Gasteiger partial charge in [0.2, 0.25) is 10.0 Å². The van der Waals surface area contributed by atoms with Crippen LogP contribution in [0.1, 0.15) is 5.56 Å². The van der Waals surface area contributed by atoms with Crippen molar-refractivity contribution in [2.45, 2.75) is 11.8 Å². The van der Waals surface area contributed by atoms with Gasteiger partial charge in [0.05, 0.1) is 12.0 Å². The maximum absolute atomic E-state index is 12.4. The van der Waals surface area contributed by atoms with Crippen LogP contribution in [0.15, 0.2) is 58.4 Å². The Labute approximate surface area is 185 Å². The van der Waals surface area contributed by atoms with Gasteiger partial charge in [0.1, 0.15) is 5.75 Å². The van der Waals surface area contributed by atoms with Gasteiger partial charge in [-0.1, -0.05) is 17.7 Å². The van der Waals surface area contributed by atoms with Crippen LogP contribution in [0.25, 0.3) is 0 Å². The van der Waals surface area contributed by atoms with Gasteiger partial charge < -0.3 is 19.9 Å². The highest BCUT2D eigenvalue weighted by atomic mass is 32.2. The van der Waals surface area contributed by atoms with Crippen molar-refractivity contribution in [3.8, 4) is 5.75 Å². The van der Waals surface area contributed by atoms with E-state index in [-0.39, 0.29) is 11.4 Å². The molecule has 1 fully saturated rings. The highest BCUT2D eigenvalue weighted by Crippen LogP contribution is 2.20. The summed E-state index contributed by atoms with van der Waals surface area (Å²) in [6.07, 6.45) is 0. The van der Waals surface area contributed by atoms with E-state index < -0.39 is 10.0 Å². The van der Waals surface area contributed by atoms with Gasteiger partial charge in [0, 0.05) is 52.0 Å². The van der Waals surface area contributed by atoms with E-state index in [1.54, 1.807) is 38.4 Å². The quantitative estimate of drug-likeness (QED) is 0.383. The molecule has 0 spiro atoms. The number of hydrogen-bond acceptors (Lipinski definition) is 5. The fourth-order valence-electron chi connectivity index (χ4n) is 3.46. The summed E-state index contributed by atoms with van der Waals surface area (Å²) in [7, 11) is -0.0974. The van der Waals surface area contributed by atoms with Crippen molar-refractivity contribution < 1.29 is 13.2 Å². The summed E-state index contributed by atoms with van der Waals surface area (Å²) in [5.41, 5.74) is 2.20. The molecule has 0 saturated carbocycles. The minimum absolute atomic E-state index is 0.275. The van der Waals surface area contributed by atoms with Crippen LogP contribution in [-0.2, 0) is 10.0 Å². The lowest BCUT2D eigenvalue weighted by molar-refractivity contribution is 0.373. The number of rotatable bonds is 7. The maximum atomic E-state index is 12.4. The van der Waals surface area contributed by atoms with Crippen molar-refractivity contribution in [1.29, 1.82) is 0 Å². The third-order valence-corrected chi connectivity index (χ3v) is 6.74. The van der Waals surface area contributed by atoms with E-state index >= 15 is 0 Å². The molecule has 2 N–H and O–H groups in total. The molecule has 2 aromatic rings. The fourth-order valence-corrected chi connectivity index (χ4v) is 4.49. The Morgan fingerprint density at radius 2 is 1.65 bits per heavy atom. The first-order chi connectivity index (χ1) is 14.9. The van der Waals surface area contributed by atoms with Gasteiger partial charge in [-0.2, -0.15) is 0 Å². The zero-order chi connectivity index (χ0) is 22.3. The molecule has 0 unspecified atom stereocenters. The molecule has 1 aliphatic heterocycles. The number of hydrogen-bond donors (Lipinski definition) is 2. The zero-order valence-corrected chi connectivity index (χ0v) is 19.2. The first-order valence-electron chi connectivity index (χ1n) is 10.3. The summed E-state index contributed by atoms with van der Waals surface area (Å²) < 4.78 is 32.6. The molecule has 0 aliphatic carbocycles. The highest BCUT2D eigenvalue weighted by molar-refractivity contribution is 7.89. The predicted octanol–water partition coefficient (Wildman–Crippen LogP) is 1.68. The molecule has 3 rings (SSSR count). The van der Waals surface area contributed by atoms with Crippen molar-refractivity contribution in [1.82, 2.24) is 14.9 Å². The molecule has 9 heteroatoms. The number of nitrogens with zero attached hydrogens (tertiary/aromatic N) is 3. The molecule has 0 amide bonds. The van der Waals surface area contributed by atoms with Crippen LogP contribution < -0.4 is 19.7 Å². The minimum atomic E-state index is -3.51. The van der Waals surface area contributed by atoms with Crippen LogP contribution in [0.5, 0.6) is 5.75 Å². The second-order valence-electron chi connectivity index (χ2n) is 7.36. The second kappa shape index (κ2) is 10.5. The number of aryl methyl sites for hydroxylation is 1. The number of sulfonamides is 1. The highest BCUT2D eigenvalue weighted by Gasteiger charge is 2.20. The van der Waals surface area contributed by atoms with Gasteiger partial charge in [-0.05, 0) is 43.3 Å². The van der Waals surface area contributed by atoms with Crippen molar-refractivity contribution in [2.24, 2.45) is 4.99 Å². The Balaban J connectivity index is 1.45. The molecule has 0 atom stereocenters. The van der Waals surface area contributed by atoms with Crippen LogP contribution in [0, 0.1) is 6.92 Å². The van der Waals surface area contributed by atoms with Gasteiger partial charge in [0.25, 0.3) is 0 Å². The van der Waals surface area contributed by atoms with Crippen molar-refractivity contribution in [3.05, 3.63) is 54.1 Å². The predicted molar refractivity (Wildman–Crippen MR) is 125 cm³/mol. The van der Waals surface area contributed by atoms with Crippen molar-refractivity contribution in [2.75, 3.05) is 58.3 Å². The van der Waals surface area contributed by atoms with E-state index in [2.05, 4.69) is 37.0 Å². The standard InChI is InChI=1S/C22H31N5O3S/c1-18-4-10-21(11-5-18)31(28,29)25-13-12-24-22(23-2)27-16-14-26(15-17-27)19-6-8-20(30-3)9-7-19/h4-11,25H,12-17H2,1-3H3,(H,23,24). The lowest BCUT2D eigenvalue weighted by Gasteiger charge is -2.37. The van der Waals surface area contributed by atoms with Crippen molar-refractivity contribution in [3.63, 3.8) is 0 Å². The number of ether oxygens (including phenoxy) is 1. The molecular weight excluding hydrogens is 414 g/mol. The molecular formula is C22H31N5O3S. The Morgan fingerprint density at radius 1 is 1.00 bits per heavy atom. The van der Waals surface area contributed by atoms with Gasteiger partial charge in [-0.25, -0.2) is 13.1 Å². The van der Waals surface area contributed by atoms with Gasteiger partial charge in [-0.3, -0.25) is 4.99 Å². The monoisotopic (exact) mass is 445 g/mol. The van der Waals surface area contributed by atoms with Gasteiger partial charge >= 0.3 is 0 Å². The molecule has 1 heterocycles. The lowest BCUT2D eigenvalue weighted by atomic mass is 10.2. The second-order valence-corrected chi connectivity index (χ2v) is 9.12. The van der Waals surface area contributed by atoms with Gasteiger partial charge in [0.15, 0.2) is 5.96 Å². The van der Waals surface area contributed by atoms with Crippen molar-refractivity contribution >= 4 is 21.7 Å². The summed E-state index contributed by atoms with van der Waals surface area (Å²) in [6.45, 7) is 6.09. The summed E-state index contributed by atoms with van der Waals surface area (Å²) >= 11 is 0. The zero-order valence-electron chi connectivity index (χ0n) is 18.3. The Bertz CT molecular complexity index is 967. The van der Waals surface area contributed by atoms with E-state index in [1.165, 1.54) is 5.69 Å². The molecule has 2 aromatic carbocycles. The van der Waals surface area contributed by atoms with Crippen LogP contribution in [-0.4, -0.2) is 72.7 Å². The number of guanidine groups is 1. The number of benzene rings is 2. The third-order valence-electron chi connectivity index (χ3n) is 5.26. The number of piperazine rings is 1. The number of anilines is 1. The number of aliphatic imine (C=N–C) groups is 1. The molecule has 0 radical (unpaired) electrons. The smallest absolute Gasteiger partial charge is 0.240 e. The molecule has 0 bridgehead atoms. The van der Waals surface area contributed by atoms with Crippen LogP contribution in [0.4, 0.5) is 5.69 Å². The molecule has 1 aliphatic rings. The minimum Gasteiger partial charge on any atom is -0.497 e. The Kier molecular flexibility index (Phi) is 7.75.